The second-order valence-electron chi connectivity index (χ2n) is 4.98. The number of para-hydroxylation sites is 1. The van der Waals surface area contributed by atoms with E-state index in [1.807, 2.05) is 19.1 Å². The molecule has 1 aromatic carbocycles. The van der Waals surface area contributed by atoms with Crippen molar-refractivity contribution in [1.29, 1.82) is 0 Å². The zero-order valence-corrected chi connectivity index (χ0v) is 10.8. The van der Waals surface area contributed by atoms with Crippen molar-refractivity contribution in [1.82, 2.24) is 0 Å². The molecule has 3 rings (SSSR count). The fourth-order valence-electron chi connectivity index (χ4n) is 2.90. The predicted molar refractivity (Wildman–Crippen MR) is 72.1 cm³/mol. The Bertz CT molecular complexity index is 424. The maximum Gasteiger partial charge on any atom is 0.144 e. The van der Waals surface area contributed by atoms with E-state index in [-0.39, 0.29) is 0 Å². The number of ether oxygens (including phenoxy) is 2. The standard InChI is InChI=1S/C14H20N2O2/c1-2-17-13-5-3-4-12(14(13)15)16-8-10-6-7-11(9-16)18-10/h3-5,10-11H,2,6-9,15H2,1H3. The van der Waals surface area contributed by atoms with Gasteiger partial charge in [-0.1, -0.05) is 6.07 Å². The molecular weight excluding hydrogens is 228 g/mol. The van der Waals surface area contributed by atoms with Crippen LogP contribution in [0.25, 0.3) is 0 Å². The second kappa shape index (κ2) is 4.69. The average molecular weight is 248 g/mol. The van der Waals surface area contributed by atoms with Gasteiger partial charge in [0, 0.05) is 13.1 Å². The van der Waals surface area contributed by atoms with Crippen LogP contribution < -0.4 is 15.4 Å². The maximum absolute atomic E-state index is 6.20. The highest BCUT2D eigenvalue weighted by Gasteiger charge is 2.34. The number of nitrogens with two attached hydrogens (primary N) is 1. The lowest BCUT2D eigenvalue weighted by Gasteiger charge is -2.34. The first kappa shape index (κ1) is 11.7. The Morgan fingerprint density at radius 1 is 1.33 bits per heavy atom. The Labute approximate surface area is 108 Å². The molecule has 2 unspecified atom stereocenters. The highest BCUT2D eigenvalue weighted by atomic mass is 16.5. The van der Waals surface area contributed by atoms with E-state index in [1.165, 1.54) is 12.8 Å². The van der Waals surface area contributed by atoms with Gasteiger partial charge < -0.3 is 20.1 Å². The fraction of sp³-hybridized carbons (Fsp3) is 0.571. The summed E-state index contributed by atoms with van der Waals surface area (Å²) in [5, 5.41) is 0. The molecule has 18 heavy (non-hydrogen) atoms. The minimum Gasteiger partial charge on any atom is -0.492 e. The van der Waals surface area contributed by atoms with Gasteiger partial charge in [0.05, 0.1) is 30.2 Å². The van der Waals surface area contributed by atoms with Crippen LogP contribution in [0.4, 0.5) is 11.4 Å². The summed E-state index contributed by atoms with van der Waals surface area (Å²) >= 11 is 0. The molecule has 2 bridgehead atoms. The lowest BCUT2D eigenvalue weighted by Crippen LogP contribution is -2.42. The quantitative estimate of drug-likeness (QED) is 0.832. The summed E-state index contributed by atoms with van der Waals surface area (Å²) in [6.45, 7) is 4.50. The van der Waals surface area contributed by atoms with Crippen LogP contribution in [0.3, 0.4) is 0 Å². The largest absolute Gasteiger partial charge is 0.492 e. The molecule has 4 nitrogen and oxygen atoms in total. The number of hydrogen-bond donors (Lipinski definition) is 1. The van der Waals surface area contributed by atoms with Crippen molar-refractivity contribution in [3.63, 3.8) is 0 Å². The third kappa shape index (κ3) is 2.01. The van der Waals surface area contributed by atoms with E-state index < -0.39 is 0 Å². The van der Waals surface area contributed by atoms with Crippen LogP contribution >= 0.6 is 0 Å². The van der Waals surface area contributed by atoms with Gasteiger partial charge in [0.2, 0.25) is 0 Å². The van der Waals surface area contributed by atoms with Gasteiger partial charge in [-0.2, -0.15) is 0 Å². The van der Waals surface area contributed by atoms with E-state index in [9.17, 15) is 0 Å². The van der Waals surface area contributed by atoms with Crippen LogP contribution in [0.15, 0.2) is 18.2 Å². The minimum atomic E-state index is 0.374. The third-order valence-electron chi connectivity index (χ3n) is 3.73. The van der Waals surface area contributed by atoms with Crippen LogP contribution in [0.5, 0.6) is 5.75 Å². The Morgan fingerprint density at radius 3 is 2.72 bits per heavy atom. The van der Waals surface area contributed by atoms with Crippen molar-refractivity contribution < 1.29 is 9.47 Å². The van der Waals surface area contributed by atoms with Crippen molar-refractivity contribution >= 4 is 11.4 Å². The van der Waals surface area contributed by atoms with E-state index in [4.69, 9.17) is 15.2 Å². The van der Waals surface area contributed by atoms with Crippen molar-refractivity contribution in [3.05, 3.63) is 18.2 Å². The van der Waals surface area contributed by atoms with Gasteiger partial charge >= 0.3 is 0 Å². The smallest absolute Gasteiger partial charge is 0.144 e. The zero-order chi connectivity index (χ0) is 12.5. The number of rotatable bonds is 3. The Balaban J connectivity index is 1.85. The van der Waals surface area contributed by atoms with E-state index in [0.717, 1.165) is 30.2 Å². The molecule has 2 aliphatic heterocycles. The van der Waals surface area contributed by atoms with Gasteiger partial charge in [-0.3, -0.25) is 0 Å². The molecule has 0 spiro atoms. The molecule has 2 saturated heterocycles. The molecule has 4 heteroatoms. The Hall–Kier alpha value is -1.42. The third-order valence-corrected chi connectivity index (χ3v) is 3.73. The number of hydrogen-bond acceptors (Lipinski definition) is 4. The molecule has 1 aromatic rings. The molecule has 2 aliphatic rings. The topological polar surface area (TPSA) is 47.7 Å². The van der Waals surface area contributed by atoms with Gasteiger partial charge in [-0.15, -0.1) is 0 Å². The maximum atomic E-state index is 6.20. The monoisotopic (exact) mass is 248 g/mol. The fourth-order valence-corrected chi connectivity index (χ4v) is 2.90. The molecule has 0 radical (unpaired) electrons. The number of morpholine rings is 1. The van der Waals surface area contributed by atoms with Crippen LogP contribution in [-0.4, -0.2) is 31.9 Å². The summed E-state index contributed by atoms with van der Waals surface area (Å²) in [6.07, 6.45) is 3.09. The van der Waals surface area contributed by atoms with Crippen molar-refractivity contribution in [2.45, 2.75) is 32.0 Å². The summed E-state index contributed by atoms with van der Waals surface area (Å²) in [6, 6.07) is 6.01. The first-order chi connectivity index (χ1) is 8.78. The highest BCUT2D eigenvalue weighted by Crippen LogP contribution is 2.36. The zero-order valence-electron chi connectivity index (χ0n) is 10.8. The number of anilines is 2. The summed E-state index contributed by atoms with van der Waals surface area (Å²) in [7, 11) is 0. The van der Waals surface area contributed by atoms with E-state index in [0.29, 0.717) is 18.8 Å². The van der Waals surface area contributed by atoms with Crippen LogP contribution in [0, 0.1) is 0 Å². The van der Waals surface area contributed by atoms with Gasteiger partial charge in [0.15, 0.2) is 0 Å². The lowest BCUT2D eigenvalue weighted by atomic mass is 10.2. The van der Waals surface area contributed by atoms with Gasteiger partial charge in [-0.05, 0) is 31.9 Å². The van der Waals surface area contributed by atoms with E-state index in [2.05, 4.69) is 11.0 Å². The van der Waals surface area contributed by atoms with Crippen molar-refractivity contribution in [3.8, 4) is 5.75 Å². The SMILES string of the molecule is CCOc1cccc(N2CC3CCC(C2)O3)c1N. The van der Waals surface area contributed by atoms with Gasteiger partial charge in [0.1, 0.15) is 5.75 Å². The van der Waals surface area contributed by atoms with Crippen molar-refractivity contribution in [2.24, 2.45) is 0 Å². The second-order valence-corrected chi connectivity index (χ2v) is 4.98. The van der Waals surface area contributed by atoms with E-state index in [1.54, 1.807) is 0 Å². The highest BCUT2D eigenvalue weighted by molar-refractivity contribution is 5.74. The summed E-state index contributed by atoms with van der Waals surface area (Å²) in [4.78, 5) is 2.34. The molecule has 2 N–H and O–H groups in total. The summed E-state index contributed by atoms with van der Waals surface area (Å²) < 4.78 is 11.4. The first-order valence-corrected chi connectivity index (χ1v) is 6.69. The van der Waals surface area contributed by atoms with Gasteiger partial charge in [0.25, 0.3) is 0 Å². The number of nitrogen functional groups attached to an aromatic ring is 1. The molecule has 0 aliphatic carbocycles. The van der Waals surface area contributed by atoms with Gasteiger partial charge in [-0.25, -0.2) is 0 Å². The Kier molecular flexibility index (Phi) is 3.04. The Morgan fingerprint density at radius 2 is 2.06 bits per heavy atom. The molecule has 0 saturated carbocycles. The number of fused-ring (bicyclic) bond motifs is 2. The number of benzene rings is 1. The number of nitrogens with zero attached hydrogens (tertiary/aromatic N) is 1. The lowest BCUT2D eigenvalue weighted by molar-refractivity contribution is 0.0305. The minimum absolute atomic E-state index is 0.374. The van der Waals surface area contributed by atoms with Crippen LogP contribution in [0.1, 0.15) is 19.8 Å². The molecule has 2 heterocycles. The molecule has 98 valence electrons. The average Bonchev–Trinajstić information content (AvgIpc) is 2.71. The van der Waals surface area contributed by atoms with E-state index >= 15 is 0 Å². The normalized spacial score (nSPS) is 26.4. The molecule has 0 aromatic heterocycles. The molecule has 2 atom stereocenters. The molecular formula is C14H20N2O2. The van der Waals surface area contributed by atoms with Crippen LogP contribution in [-0.2, 0) is 4.74 Å². The predicted octanol–water partition coefficient (Wildman–Crippen LogP) is 2.04. The summed E-state index contributed by atoms with van der Waals surface area (Å²) in [5.74, 6) is 0.786. The first-order valence-electron chi connectivity index (χ1n) is 6.69. The van der Waals surface area contributed by atoms with Crippen molar-refractivity contribution in [2.75, 3.05) is 30.3 Å². The summed E-state index contributed by atoms with van der Waals surface area (Å²) in [5.41, 5.74) is 8.04. The van der Waals surface area contributed by atoms with Crippen LogP contribution in [0.2, 0.25) is 0 Å². The molecule has 2 fully saturated rings. The molecule has 0 amide bonds.